The fraction of sp³-hybridized carbons (Fsp3) is 0.0526. The maximum Gasteiger partial charge on any atom is 0.0541 e. The largest absolute Gasteiger partial charge is 0.309 e. The van der Waals surface area contributed by atoms with Gasteiger partial charge in [0.15, 0.2) is 0 Å². The van der Waals surface area contributed by atoms with E-state index in [0.29, 0.717) is 0 Å². The number of para-hydroxylation sites is 2. The van der Waals surface area contributed by atoms with Crippen molar-refractivity contribution in [2.24, 2.45) is 0 Å². The van der Waals surface area contributed by atoms with E-state index in [2.05, 4.69) is 132 Å². The van der Waals surface area contributed by atoms with Gasteiger partial charge < -0.3 is 4.57 Å². The van der Waals surface area contributed by atoms with Crippen molar-refractivity contribution in [1.29, 1.82) is 0 Å². The number of aromatic nitrogens is 1. The highest BCUT2D eigenvalue weighted by atomic mass is 15.0. The highest BCUT2D eigenvalue weighted by Gasteiger charge is 2.24. The maximum absolute atomic E-state index is 2.44. The van der Waals surface area contributed by atoms with Gasteiger partial charge in [-0.2, -0.15) is 0 Å². The third-order valence-electron chi connectivity index (χ3n) is 8.87. The van der Waals surface area contributed by atoms with Crippen LogP contribution in [0.3, 0.4) is 0 Å². The van der Waals surface area contributed by atoms with Crippen LogP contribution in [0.1, 0.15) is 22.3 Å². The third-order valence-corrected chi connectivity index (χ3v) is 8.87. The Balaban J connectivity index is 1.21. The third kappa shape index (κ3) is 2.96. The van der Waals surface area contributed by atoms with Crippen LogP contribution in [0.4, 0.5) is 0 Å². The van der Waals surface area contributed by atoms with Crippen molar-refractivity contribution >= 4 is 21.8 Å². The molecule has 1 aromatic heterocycles. The van der Waals surface area contributed by atoms with Crippen LogP contribution in [0.2, 0.25) is 0 Å². The molecule has 0 N–H and O–H groups in total. The SMILES string of the molecule is c1ccc2c(c1)Cc1c(-c3ccc4c(c3)-c3cc(-n5c6ccccc6c6ccccc65)ccc3C4)cccc1-2. The van der Waals surface area contributed by atoms with E-state index in [0.717, 1.165) is 12.8 Å². The highest BCUT2D eigenvalue weighted by Crippen LogP contribution is 2.45. The average Bonchev–Trinajstić information content (AvgIpc) is 3.66. The zero-order chi connectivity index (χ0) is 25.5. The van der Waals surface area contributed by atoms with Crippen molar-refractivity contribution in [3.63, 3.8) is 0 Å². The van der Waals surface area contributed by atoms with Gasteiger partial charge in [-0.25, -0.2) is 0 Å². The zero-order valence-electron chi connectivity index (χ0n) is 21.5. The monoisotopic (exact) mass is 495 g/mol. The second-order valence-electron chi connectivity index (χ2n) is 10.9. The predicted molar refractivity (Wildman–Crippen MR) is 163 cm³/mol. The minimum atomic E-state index is 0.997. The molecule has 182 valence electrons. The molecular formula is C38H25N. The van der Waals surface area contributed by atoms with Crippen LogP contribution in [0.25, 0.3) is 60.9 Å². The Labute approximate surface area is 227 Å². The first kappa shape index (κ1) is 21.1. The van der Waals surface area contributed by atoms with Crippen molar-refractivity contribution in [2.45, 2.75) is 12.8 Å². The molecule has 39 heavy (non-hydrogen) atoms. The Morgan fingerprint density at radius 1 is 0.410 bits per heavy atom. The van der Waals surface area contributed by atoms with Gasteiger partial charge in [-0.1, -0.05) is 97.1 Å². The molecule has 0 saturated carbocycles. The molecule has 0 aliphatic heterocycles. The lowest BCUT2D eigenvalue weighted by atomic mass is 9.93. The van der Waals surface area contributed by atoms with Gasteiger partial charge in [0.2, 0.25) is 0 Å². The van der Waals surface area contributed by atoms with Gasteiger partial charge >= 0.3 is 0 Å². The minimum Gasteiger partial charge on any atom is -0.309 e. The zero-order valence-corrected chi connectivity index (χ0v) is 21.5. The molecular weight excluding hydrogens is 470 g/mol. The number of hydrogen-bond acceptors (Lipinski definition) is 0. The number of fused-ring (bicyclic) bond motifs is 9. The van der Waals surface area contributed by atoms with Gasteiger partial charge in [-0.3, -0.25) is 0 Å². The van der Waals surface area contributed by atoms with E-state index in [9.17, 15) is 0 Å². The van der Waals surface area contributed by atoms with Crippen molar-refractivity contribution in [2.75, 3.05) is 0 Å². The Morgan fingerprint density at radius 3 is 1.85 bits per heavy atom. The molecule has 0 spiro atoms. The van der Waals surface area contributed by atoms with E-state index in [1.807, 2.05) is 0 Å². The molecule has 1 heteroatoms. The summed E-state index contributed by atoms with van der Waals surface area (Å²) >= 11 is 0. The molecule has 0 radical (unpaired) electrons. The van der Waals surface area contributed by atoms with Crippen LogP contribution in [-0.2, 0) is 12.8 Å². The lowest BCUT2D eigenvalue weighted by molar-refractivity contribution is 1.17. The van der Waals surface area contributed by atoms with Gasteiger partial charge in [0.25, 0.3) is 0 Å². The van der Waals surface area contributed by atoms with E-state index in [1.54, 1.807) is 0 Å². The summed E-state index contributed by atoms with van der Waals surface area (Å²) in [7, 11) is 0. The smallest absolute Gasteiger partial charge is 0.0541 e. The van der Waals surface area contributed by atoms with Crippen LogP contribution < -0.4 is 0 Å². The maximum atomic E-state index is 2.44. The Bertz CT molecular complexity index is 2070. The van der Waals surface area contributed by atoms with Gasteiger partial charge in [-0.15, -0.1) is 0 Å². The summed E-state index contributed by atoms with van der Waals surface area (Å²) < 4.78 is 2.42. The summed E-state index contributed by atoms with van der Waals surface area (Å²) in [6.07, 6.45) is 2.00. The molecule has 1 heterocycles. The van der Waals surface area contributed by atoms with Crippen molar-refractivity contribution in [3.05, 3.63) is 150 Å². The molecule has 7 aromatic rings. The standard InChI is InChI=1S/C38H25N/c1-2-9-29-24(8-1)22-36-30(12-7-13-31(29)36)27-17-16-25-20-26-18-19-28(23-35(26)34(25)21-27)39-37-14-5-3-10-32(37)33-11-4-6-15-38(33)39/h1-19,21,23H,20,22H2. The first-order chi connectivity index (χ1) is 19.3. The van der Waals surface area contributed by atoms with Crippen LogP contribution in [0.5, 0.6) is 0 Å². The van der Waals surface area contributed by atoms with Gasteiger partial charge in [-0.05, 0) is 98.8 Å². The van der Waals surface area contributed by atoms with Gasteiger partial charge in [0, 0.05) is 16.5 Å². The lowest BCUT2D eigenvalue weighted by Crippen LogP contribution is -1.95. The van der Waals surface area contributed by atoms with E-state index >= 15 is 0 Å². The molecule has 6 aromatic carbocycles. The summed E-state index contributed by atoms with van der Waals surface area (Å²) in [6.45, 7) is 0. The Morgan fingerprint density at radius 2 is 1.03 bits per heavy atom. The topological polar surface area (TPSA) is 4.93 Å². The molecule has 0 amide bonds. The first-order valence-corrected chi connectivity index (χ1v) is 13.8. The van der Waals surface area contributed by atoms with E-state index in [1.165, 1.54) is 83.1 Å². The minimum absolute atomic E-state index is 0.997. The van der Waals surface area contributed by atoms with E-state index in [4.69, 9.17) is 0 Å². The van der Waals surface area contributed by atoms with Gasteiger partial charge in [0.05, 0.1) is 11.0 Å². The first-order valence-electron chi connectivity index (χ1n) is 13.8. The second-order valence-corrected chi connectivity index (χ2v) is 10.9. The molecule has 0 atom stereocenters. The average molecular weight is 496 g/mol. The van der Waals surface area contributed by atoms with Crippen LogP contribution >= 0.6 is 0 Å². The number of benzene rings is 6. The predicted octanol–water partition coefficient (Wildman–Crippen LogP) is 9.59. The van der Waals surface area contributed by atoms with Crippen LogP contribution in [0.15, 0.2) is 127 Å². The molecule has 9 rings (SSSR count). The summed E-state index contributed by atoms with van der Waals surface area (Å²) in [6, 6.07) is 47.3. The molecule has 1 nitrogen and oxygen atoms in total. The molecule has 2 aliphatic rings. The Kier molecular flexibility index (Phi) is 4.23. The fourth-order valence-corrected chi connectivity index (χ4v) is 7.09. The van der Waals surface area contributed by atoms with Crippen molar-refractivity contribution in [1.82, 2.24) is 4.57 Å². The highest BCUT2D eigenvalue weighted by molar-refractivity contribution is 6.09. The van der Waals surface area contributed by atoms with Crippen LogP contribution in [-0.4, -0.2) is 4.57 Å². The van der Waals surface area contributed by atoms with E-state index < -0.39 is 0 Å². The number of hydrogen-bond donors (Lipinski definition) is 0. The quantitative estimate of drug-likeness (QED) is 0.225. The number of rotatable bonds is 2. The molecule has 0 fully saturated rings. The van der Waals surface area contributed by atoms with Gasteiger partial charge in [0.1, 0.15) is 0 Å². The molecule has 0 bridgehead atoms. The molecule has 0 saturated heterocycles. The Hall–Kier alpha value is -4.88. The fourth-order valence-electron chi connectivity index (χ4n) is 7.09. The lowest BCUT2D eigenvalue weighted by Gasteiger charge is -2.12. The molecule has 2 aliphatic carbocycles. The summed E-state index contributed by atoms with van der Waals surface area (Å²) in [5.41, 5.74) is 17.6. The summed E-state index contributed by atoms with van der Waals surface area (Å²) in [5, 5.41) is 2.60. The second kappa shape index (κ2) is 7.82. The molecule has 0 unspecified atom stereocenters. The van der Waals surface area contributed by atoms with Crippen LogP contribution in [0, 0.1) is 0 Å². The van der Waals surface area contributed by atoms with E-state index in [-0.39, 0.29) is 0 Å². The number of nitrogens with zero attached hydrogens (tertiary/aromatic N) is 1. The summed E-state index contributed by atoms with van der Waals surface area (Å²) in [4.78, 5) is 0. The normalized spacial score (nSPS) is 12.9. The van der Waals surface area contributed by atoms with Crippen molar-refractivity contribution < 1.29 is 0 Å². The van der Waals surface area contributed by atoms with Crippen molar-refractivity contribution in [3.8, 4) is 39.1 Å². The summed E-state index contributed by atoms with van der Waals surface area (Å²) in [5.74, 6) is 0.